The lowest BCUT2D eigenvalue weighted by atomic mass is 10.0. The van der Waals surface area contributed by atoms with Gasteiger partial charge in [0, 0.05) is 31.6 Å². The molecule has 0 atom stereocenters. The topological polar surface area (TPSA) is 51.0 Å². The highest BCUT2D eigenvalue weighted by Gasteiger charge is 2.34. The van der Waals surface area contributed by atoms with Gasteiger partial charge in [0.05, 0.1) is 11.7 Å². The van der Waals surface area contributed by atoms with Gasteiger partial charge < -0.3 is 4.90 Å². The Bertz CT molecular complexity index is 756. The molecule has 1 aliphatic carbocycles. The van der Waals surface area contributed by atoms with Crippen molar-refractivity contribution in [3.05, 3.63) is 46.8 Å². The highest BCUT2D eigenvalue weighted by Crippen LogP contribution is 2.39. The monoisotopic (exact) mass is 324 g/mol. The number of benzene rings is 1. The highest BCUT2D eigenvalue weighted by molar-refractivity contribution is 5.77. The van der Waals surface area contributed by atoms with Crippen LogP contribution in [0.2, 0.25) is 0 Å². The van der Waals surface area contributed by atoms with E-state index >= 15 is 0 Å². The van der Waals surface area contributed by atoms with E-state index in [1.807, 2.05) is 9.58 Å². The molecule has 5 heteroatoms. The number of likely N-dealkylation sites (tertiary alicyclic amines) is 1. The van der Waals surface area contributed by atoms with Gasteiger partial charge in [0.15, 0.2) is 0 Å². The molecule has 1 saturated carbocycles. The third kappa shape index (κ3) is 3.07. The van der Waals surface area contributed by atoms with Gasteiger partial charge in [0.2, 0.25) is 5.91 Å². The Balaban J connectivity index is 1.26. The molecule has 0 bridgehead atoms. The normalized spacial score (nSPS) is 17.8. The molecule has 5 nitrogen and oxygen atoms in total. The second-order valence-corrected chi connectivity index (χ2v) is 7.27. The first-order chi connectivity index (χ1) is 11.6. The van der Waals surface area contributed by atoms with Gasteiger partial charge in [-0.15, -0.1) is 5.10 Å². The molecule has 1 aromatic carbocycles. The number of nitrogens with zero attached hydrogens (tertiary/aromatic N) is 4. The number of hydrogen-bond donors (Lipinski definition) is 0. The molecule has 1 amide bonds. The van der Waals surface area contributed by atoms with Crippen molar-refractivity contribution in [1.82, 2.24) is 19.9 Å². The lowest BCUT2D eigenvalue weighted by Gasteiger charge is -2.39. The summed E-state index contributed by atoms with van der Waals surface area (Å²) in [6.07, 6.45) is 5.95. The molecule has 4 rings (SSSR count). The van der Waals surface area contributed by atoms with Gasteiger partial charge in [-0.05, 0) is 49.8 Å². The van der Waals surface area contributed by atoms with Crippen LogP contribution in [0.1, 0.15) is 53.6 Å². The number of carbonyl (C=O) groups is 1. The maximum Gasteiger partial charge on any atom is 0.223 e. The number of hydrogen-bond acceptors (Lipinski definition) is 3. The van der Waals surface area contributed by atoms with Crippen LogP contribution in [0.15, 0.2) is 24.4 Å². The van der Waals surface area contributed by atoms with Crippen molar-refractivity contribution in [3.63, 3.8) is 0 Å². The van der Waals surface area contributed by atoms with Crippen LogP contribution in [-0.2, 0) is 11.2 Å². The summed E-state index contributed by atoms with van der Waals surface area (Å²) in [4.78, 5) is 14.3. The molecule has 1 saturated heterocycles. The number of aryl methyl sites for hydroxylation is 3. The number of amides is 1. The molecular weight excluding hydrogens is 300 g/mol. The maximum absolute atomic E-state index is 12.3. The zero-order valence-corrected chi connectivity index (χ0v) is 14.4. The zero-order chi connectivity index (χ0) is 16.7. The molecule has 0 spiro atoms. The fraction of sp³-hybridized carbons (Fsp3) is 0.526. The van der Waals surface area contributed by atoms with Crippen LogP contribution in [0.4, 0.5) is 0 Å². The smallest absolute Gasteiger partial charge is 0.223 e. The Hall–Kier alpha value is -2.17. The average Bonchev–Trinajstić information content (AvgIpc) is 3.26. The maximum atomic E-state index is 12.3. The molecular formula is C19H24N4O. The van der Waals surface area contributed by atoms with Gasteiger partial charge in [0.1, 0.15) is 0 Å². The second-order valence-electron chi connectivity index (χ2n) is 7.27. The lowest BCUT2D eigenvalue weighted by molar-refractivity contribution is -0.137. The van der Waals surface area contributed by atoms with E-state index in [4.69, 9.17) is 0 Å². The van der Waals surface area contributed by atoms with E-state index in [-0.39, 0.29) is 5.91 Å². The minimum atomic E-state index is 0.243. The van der Waals surface area contributed by atoms with Gasteiger partial charge in [-0.25, -0.2) is 4.68 Å². The second kappa shape index (κ2) is 6.04. The lowest BCUT2D eigenvalue weighted by Crippen LogP contribution is -2.51. The van der Waals surface area contributed by atoms with Crippen molar-refractivity contribution in [2.75, 3.05) is 13.1 Å². The van der Waals surface area contributed by atoms with E-state index in [0.717, 1.165) is 25.2 Å². The Labute approximate surface area is 142 Å². The highest BCUT2D eigenvalue weighted by atomic mass is 16.2. The molecule has 2 heterocycles. The van der Waals surface area contributed by atoms with Crippen molar-refractivity contribution in [1.29, 1.82) is 0 Å². The van der Waals surface area contributed by atoms with Gasteiger partial charge in [-0.2, -0.15) is 0 Å². The van der Waals surface area contributed by atoms with Crippen molar-refractivity contribution >= 4 is 5.91 Å². The Morgan fingerprint density at radius 1 is 1.21 bits per heavy atom. The molecule has 2 fully saturated rings. The van der Waals surface area contributed by atoms with Crippen LogP contribution >= 0.6 is 0 Å². The van der Waals surface area contributed by atoms with Crippen molar-refractivity contribution in [2.24, 2.45) is 0 Å². The molecule has 2 aliphatic rings. The number of rotatable bonds is 5. The largest absolute Gasteiger partial charge is 0.338 e. The van der Waals surface area contributed by atoms with Crippen LogP contribution in [-0.4, -0.2) is 38.9 Å². The van der Waals surface area contributed by atoms with Gasteiger partial charge in [-0.3, -0.25) is 4.79 Å². The van der Waals surface area contributed by atoms with E-state index in [2.05, 4.69) is 48.6 Å². The Morgan fingerprint density at radius 2 is 2.00 bits per heavy atom. The first kappa shape index (κ1) is 15.4. The summed E-state index contributed by atoms with van der Waals surface area (Å²) in [5.41, 5.74) is 4.96. The summed E-state index contributed by atoms with van der Waals surface area (Å²) in [5.74, 6) is 0.876. The quantitative estimate of drug-likeness (QED) is 0.850. The van der Waals surface area contributed by atoms with Crippen LogP contribution < -0.4 is 0 Å². The number of aromatic nitrogens is 3. The predicted molar refractivity (Wildman–Crippen MR) is 91.9 cm³/mol. The number of carbonyl (C=O) groups excluding carboxylic acids is 1. The minimum absolute atomic E-state index is 0.243. The minimum Gasteiger partial charge on any atom is -0.338 e. The van der Waals surface area contributed by atoms with Gasteiger partial charge in [-0.1, -0.05) is 23.4 Å². The third-order valence-corrected chi connectivity index (χ3v) is 5.31. The van der Waals surface area contributed by atoms with Gasteiger partial charge >= 0.3 is 0 Å². The van der Waals surface area contributed by atoms with E-state index in [1.54, 1.807) is 0 Å². The fourth-order valence-corrected chi connectivity index (χ4v) is 3.23. The standard InChI is InChI=1S/C19H24N4O/c1-13-3-4-15(9-14(13)2)5-8-19(24)22-10-17(11-22)23-12-18(20-21-23)16-6-7-16/h3-4,9,12,16-17H,5-8,10-11H2,1-2H3. The molecule has 126 valence electrons. The van der Waals surface area contributed by atoms with Crippen LogP contribution in [0.5, 0.6) is 0 Å². The van der Waals surface area contributed by atoms with Crippen molar-refractivity contribution in [3.8, 4) is 0 Å². The van der Waals surface area contributed by atoms with Crippen LogP contribution in [0.25, 0.3) is 0 Å². The predicted octanol–water partition coefficient (Wildman–Crippen LogP) is 2.79. The van der Waals surface area contributed by atoms with Crippen LogP contribution in [0.3, 0.4) is 0 Å². The summed E-state index contributed by atoms with van der Waals surface area (Å²) >= 11 is 0. The average molecular weight is 324 g/mol. The molecule has 2 aromatic rings. The summed E-state index contributed by atoms with van der Waals surface area (Å²) in [5, 5.41) is 8.49. The van der Waals surface area contributed by atoms with E-state index in [9.17, 15) is 4.79 Å². The van der Waals surface area contributed by atoms with E-state index < -0.39 is 0 Å². The fourth-order valence-electron chi connectivity index (χ4n) is 3.23. The molecule has 0 N–H and O–H groups in total. The Morgan fingerprint density at radius 3 is 2.71 bits per heavy atom. The third-order valence-electron chi connectivity index (χ3n) is 5.31. The van der Waals surface area contributed by atoms with Crippen molar-refractivity contribution < 1.29 is 4.79 Å². The summed E-state index contributed by atoms with van der Waals surface area (Å²) in [6, 6.07) is 6.76. The zero-order valence-electron chi connectivity index (χ0n) is 14.4. The first-order valence-corrected chi connectivity index (χ1v) is 8.86. The Kier molecular flexibility index (Phi) is 3.87. The summed E-state index contributed by atoms with van der Waals surface area (Å²) in [7, 11) is 0. The van der Waals surface area contributed by atoms with E-state index in [1.165, 1.54) is 29.5 Å². The van der Waals surface area contributed by atoms with Crippen molar-refractivity contribution in [2.45, 2.75) is 51.5 Å². The van der Waals surface area contributed by atoms with Crippen LogP contribution in [0, 0.1) is 13.8 Å². The summed E-state index contributed by atoms with van der Waals surface area (Å²) in [6.45, 7) is 5.76. The first-order valence-electron chi connectivity index (χ1n) is 8.86. The van der Waals surface area contributed by atoms with Gasteiger partial charge in [0.25, 0.3) is 0 Å². The molecule has 0 unspecified atom stereocenters. The molecule has 0 radical (unpaired) electrons. The molecule has 1 aliphatic heterocycles. The summed E-state index contributed by atoms with van der Waals surface area (Å²) < 4.78 is 1.95. The van der Waals surface area contributed by atoms with E-state index in [0.29, 0.717) is 18.4 Å². The SMILES string of the molecule is Cc1ccc(CCC(=O)N2CC(n3cc(C4CC4)nn3)C2)cc1C. The molecule has 1 aromatic heterocycles. The molecule has 24 heavy (non-hydrogen) atoms.